The number of rotatable bonds is 3. The van der Waals surface area contributed by atoms with Crippen molar-refractivity contribution in [1.82, 2.24) is 0 Å². The second-order valence-electron chi connectivity index (χ2n) is 3.96. The molecule has 1 aromatic rings. The van der Waals surface area contributed by atoms with Crippen LogP contribution in [-0.2, 0) is 0 Å². The number of hydrogen-bond donors (Lipinski definition) is 1. The zero-order valence-electron chi connectivity index (χ0n) is 8.73. The van der Waals surface area contributed by atoms with Crippen LogP contribution in [0.15, 0.2) is 16.6 Å². The molecule has 17 heavy (non-hydrogen) atoms. The van der Waals surface area contributed by atoms with Crippen LogP contribution >= 0.6 is 15.9 Å². The molecule has 1 aromatic carbocycles. The van der Waals surface area contributed by atoms with Gasteiger partial charge in [-0.2, -0.15) is 0 Å². The van der Waals surface area contributed by atoms with Gasteiger partial charge < -0.3 is 10.5 Å². The molecule has 0 heterocycles. The third-order valence-corrected chi connectivity index (χ3v) is 3.23. The van der Waals surface area contributed by atoms with Crippen molar-refractivity contribution in [3.63, 3.8) is 0 Å². The van der Waals surface area contributed by atoms with E-state index >= 15 is 0 Å². The summed E-state index contributed by atoms with van der Waals surface area (Å²) in [5, 5.41) is 10.8. The Labute approximate surface area is 105 Å². The first-order valence-electron chi connectivity index (χ1n) is 5.03. The third-order valence-electron chi connectivity index (χ3n) is 2.62. The van der Waals surface area contributed by atoms with Gasteiger partial charge in [-0.15, -0.1) is 0 Å². The Kier molecular flexibility index (Phi) is 3.30. The number of hydrogen-bond acceptors (Lipinski definition) is 4. The summed E-state index contributed by atoms with van der Waals surface area (Å²) in [6.07, 6.45) is 1.19. The maximum atomic E-state index is 13.2. The van der Waals surface area contributed by atoms with Gasteiger partial charge in [-0.3, -0.25) is 10.1 Å². The van der Waals surface area contributed by atoms with Gasteiger partial charge in [0.2, 0.25) is 0 Å². The molecule has 0 atom stereocenters. The number of nitro benzene ring substituents is 1. The van der Waals surface area contributed by atoms with E-state index in [4.69, 9.17) is 10.5 Å². The van der Waals surface area contributed by atoms with Crippen LogP contribution in [0.4, 0.5) is 10.1 Å². The molecule has 0 bridgehead atoms. The highest BCUT2D eigenvalue weighted by Gasteiger charge is 2.30. The quantitative estimate of drug-likeness (QED) is 0.687. The first kappa shape index (κ1) is 12.3. The summed E-state index contributed by atoms with van der Waals surface area (Å²) in [5.74, 6) is -0.616. The summed E-state index contributed by atoms with van der Waals surface area (Å²) >= 11 is 2.97. The third kappa shape index (κ3) is 2.55. The standard InChI is InChI=1S/C10H10BrFN2O3/c11-7-3-10(17-6-1-5(13)2-6)9(14(15)16)4-8(7)12/h3-6H,1-2,13H2. The van der Waals surface area contributed by atoms with Crippen molar-refractivity contribution in [2.24, 2.45) is 5.73 Å². The van der Waals surface area contributed by atoms with Crippen LogP contribution in [-0.4, -0.2) is 17.1 Å². The molecule has 0 unspecified atom stereocenters. The van der Waals surface area contributed by atoms with Crippen LogP contribution in [0.5, 0.6) is 5.75 Å². The van der Waals surface area contributed by atoms with E-state index in [1.54, 1.807) is 0 Å². The molecule has 7 heteroatoms. The fourth-order valence-electron chi connectivity index (χ4n) is 1.64. The average molecular weight is 305 g/mol. The number of nitrogens with zero attached hydrogens (tertiary/aromatic N) is 1. The monoisotopic (exact) mass is 304 g/mol. The second-order valence-corrected chi connectivity index (χ2v) is 4.82. The Morgan fingerprint density at radius 3 is 2.71 bits per heavy atom. The molecule has 0 radical (unpaired) electrons. The van der Waals surface area contributed by atoms with Gasteiger partial charge in [0.05, 0.1) is 15.5 Å². The van der Waals surface area contributed by atoms with E-state index in [1.165, 1.54) is 6.07 Å². The molecule has 1 aliphatic carbocycles. The summed E-state index contributed by atoms with van der Waals surface area (Å²) < 4.78 is 18.8. The zero-order chi connectivity index (χ0) is 12.6. The lowest BCUT2D eigenvalue weighted by atomic mass is 9.90. The number of benzene rings is 1. The lowest BCUT2D eigenvalue weighted by molar-refractivity contribution is -0.386. The van der Waals surface area contributed by atoms with Crippen molar-refractivity contribution in [2.75, 3.05) is 0 Å². The molecule has 0 aliphatic heterocycles. The Morgan fingerprint density at radius 1 is 1.53 bits per heavy atom. The van der Waals surface area contributed by atoms with Crippen molar-refractivity contribution in [1.29, 1.82) is 0 Å². The maximum absolute atomic E-state index is 13.2. The first-order valence-corrected chi connectivity index (χ1v) is 5.82. The van der Waals surface area contributed by atoms with Crippen LogP contribution in [0.2, 0.25) is 0 Å². The summed E-state index contributed by atoms with van der Waals surface area (Å²) in [6.45, 7) is 0. The highest BCUT2D eigenvalue weighted by atomic mass is 79.9. The summed E-state index contributed by atoms with van der Waals surface area (Å²) in [7, 11) is 0. The molecule has 0 spiro atoms. The summed E-state index contributed by atoms with van der Waals surface area (Å²) in [5.41, 5.74) is 5.22. The highest BCUT2D eigenvalue weighted by molar-refractivity contribution is 9.10. The normalized spacial score (nSPS) is 23.0. The lowest BCUT2D eigenvalue weighted by Crippen LogP contribution is -2.43. The molecule has 5 nitrogen and oxygen atoms in total. The van der Waals surface area contributed by atoms with Crippen LogP contribution in [0.3, 0.4) is 0 Å². The molecular formula is C10H10BrFN2O3. The molecule has 0 aromatic heterocycles. The number of nitrogens with two attached hydrogens (primary N) is 1. The molecule has 1 saturated carbocycles. The van der Waals surface area contributed by atoms with Gasteiger partial charge in [0.15, 0.2) is 5.75 Å². The van der Waals surface area contributed by atoms with Crippen LogP contribution in [0, 0.1) is 15.9 Å². The molecular weight excluding hydrogens is 295 g/mol. The minimum atomic E-state index is -0.686. The second kappa shape index (κ2) is 4.58. The number of halogens is 2. The van der Waals surface area contributed by atoms with E-state index in [1.807, 2.05) is 0 Å². The van der Waals surface area contributed by atoms with Gasteiger partial charge in [0.1, 0.15) is 11.9 Å². The molecule has 1 fully saturated rings. The summed E-state index contributed by atoms with van der Waals surface area (Å²) in [6, 6.07) is 2.21. The van der Waals surface area contributed by atoms with Crippen LogP contribution in [0.1, 0.15) is 12.8 Å². The molecule has 1 aliphatic rings. The lowest BCUT2D eigenvalue weighted by Gasteiger charge is -2.32. The average Bonchev–Trinajstić information content (AvgIpc) is 2.20. The minimum Gasteiger partial charge on any atom is -0.483 e. The Balaban J connectivity index is 2.25. The van der Waals surface area contributed by atoms with Crippen molar-refractivity contribution in [3.05, 3.63) is 32.5 Å². The molecule has 92 valence electrons. The smallest absolute Gasteiger partial charge is 0.313 e. The van der Waals surface area contributed by atoms with Crippen molar-refractivity contribution in [3.8, 4) is 5.75 Å². The maximum Gasteiger partial charge on any atom is 0.313 e. The van der Waals surface area contributed by atoms with Gasteiger partial charge in [-0.25, -0.2) is 4.39 Å². The van der Waals surface area contributed by atoms with E-state index < -0.39 is 10.7 Å². The number of nitro groups is 1. The van der Waals surface area contributed by atoms with Gasteiger partial charge in [-0.1, -0.05) is 0 Å². The largest absolute Gasteiger partial charge is 0.483 e. The minimum absolute atomic E-state index is 0.0696. The molecule has 0 saturated heterocycles. The number of ether oxygens (including phenoxy) is 1. The van der Waals surface area contributed by atoms with Gasteiger partial charge in [-0.05, 0) is 28.8 Å². The van der Waals surface area contributed by atoms with E-state index in [2.05, 4.69) is 15.9 Å². The fraction of sp³-hybridized carbons (Fsp3) is 0.400. The van der Waals surface area contributed by atoms with Gasteiger partial charge in [0.25, 0.3) is 0 Å². The van der Waals surface area contributed by atoms with Crippen molar-refractivity contribution >= 4 is 21.6 Å². The van der Waals surface area contributed by atoms with E-state index in [0.29, 0.717) is 12.8 Å². The Hall–Kier alpha value is -1.21. The van der Waals surface area contributed by atoms with Crippen LogP contribution in [0.25, 0.3) is 0 Å². The van der Waals surface area contributed by atoms with Gasteiger partial charge in [0, 0.05) is 12.1 Å². The first-order chi connectivity index (χ1) is 7.97. The zero-order valence-corrected chi connectivity index (χ0v) is 10.3. The Bertz CT molecular complexity index is 463. The van der Waals surface area contributed by atoms with Crippen LogP contribution < -0.4 is 10.5 Å². The van der Waals surface area contributed by atoms with Crippen molar-refractivity contribution < 1.29 is 14.1 Å². The molecule has 2 N–H and O–H groups in total. The van der Waals surface area contributed by atoms with Gasteiger partial charge >= 0.3 is 5.69 Å². The molecule has 2 rings (SSSR count). The SMILES string of the molecule is NC1CC(Oc2cc(Br)c(F)cc2[N+](=O)[O-])C1. The highest BCUT2D eigenvalue weighted by Crippen LogP contribution is 2.35. The van der Waals surface area contributed by atoms with E-state index in [9.17, 15) is 14.5 Å². The predicted octanol–water partition coefficient (Wildman–Crippen LogP) is 2.36. The van der Waals surface area contributed by atoms with E-state index in [0.717, 1.165) is 6.07 Å². The van der Waals surface area contributed by atoms with Crippen molar-refractivity contribution in [2.45, 2.75) is 25.0 Å². The topological polar surface area (TPSA) is 78.4 Å². The molecule has 0 amide bonds. The fourth-order valence-corrected chi connectivity index (χ4v) is 1.96. The predicted molar refractivity (Wildman–Crippen MR) is 62.4 cm³/mol. The summed E-state index contributed by atoms with van der Waals surface area (Å²) in [4.78, 5) is 10.1. The Morgan fingerprint density at radius 2 is 2.18 bits per heavy atom. The van der Waals surface area contributed by atoms with E-state index in [-0.39, 0.29) is 28.1 Å².